The number of carbonyl (C=O) groups excluding carboxylic acids is 1. The summed E-state index contributed by atoms with van der Waals surface area (Å²) in [6.07, 6.45) is -1.84. The lowest BCUT2D eigenvalue weighted by atomic mass is 9.94. The van der Waals surface area contributed by atoms with Gasteiger partial charge < -0.3 is 4.90 Å². The van der Waals surface area contributed by atoms with Crippen molar-refractivity contribution in [1.29, 1.82) is 0 Å². The van der Waals surface area contributed by atoms with Gasteiger partial charge in [-0.3, -0.25) is 9.69 Å². The SMILES string of the molecule is O=C(c1ccc(F)cc1)C1CCCCN1CCN1c2ccccc2Sc2ccc(C(F)(F)F)cc21. The van der Waals surface area contributed by atoms with E-state index in [0.717, 1.165) is 40.9 Å². The van der Waals surface area contributed by atoms with Gasteiger partial charge in [-0.2, -0.15) is 13.2 Å². The lowest BCUT2D eigenvalue weighted by Gasteiger charge is -2.38. The number of carbonyl (C=O) groups is 1. The number of ketones is 1. The Labute approximate surface area is 205 Å². The van der Waals surface area contributed by atoms with Crippen LogP contribution in [0.15, 0.2) is 76.5 Å². The van der Waals surface area contributed by atoms with Crippen LogP contribution in [0.3, 0.4) is 0 Å². The van der Waals surface area contributed by atoms with E-state index >= 15 is 0 Å². The van der Waals surface area contributed by atoms with E-state index < -0.39 is 11.7 Å². The van der Waals surface area contributed by atoms with E-state index in [1.54, 1.807) is 0 Å². The van der Waals surface area contributed by atoms with Crippen molar-refractivity contribution in [2.75, 3.05) is 24.5 Å². The van der Waals surface area contributed by atoms with Crippen LogP contribution in [0.5, 0.6) is 0 Å². The molecule has 1 fully saturated rings. The minimum absolute atomic E-state index is 0.0425. The Morgan fingerprint density at radius 3 is 2.43 bits per heavy atom. The number of hydrogen-bond donors (Lipinski definition) is 0. The Bertz CT molecular complexity index is 1230. The fraction of sp³-hybridized carbons (Fsp3) is 0.296. The van der Waals surface area contributed by atoms with Crippen LogP contribution in [-0.2, 0) is 6.18 Å². The normalized spacial score (nSPS) is 18.2. The number of para-hydroxylation sites is 1. The van der Waals surface area contributed by atoms with Crippen molar-refractivity contribution in [3.8, 4) is 0 Å². The van der Waals surface area contributed by atoms with Crippen molar-refractivity contribution >= 4 is 28.9 Å². The standard InChI is InChI=1S/C27H24F4N2OS/c28-20-11-8-18(9-12-20)26(34)22-6-3-4-14-32(22)15-16-33-21-5-1-2-7-24(21)35-25-13-10-19(17-23(25)33)27(29,30)31/h1-2,5,7-13,17,22H,3-4,6,14-16H2. The van der Waals surface area contributed by atoms with E-state index in [4.69, 9.17) is 0 Å². The van der Waals surface area contributed by atoms with E-state index in [0.29, 0.717) is 30.8 Å². The zero-order valence-electron chi connectivity index (χ0n) is 18.9. The van der Waals surface area contributed by atoms with Crippen LogP contribution in [0.2, 0.25) is 0 Å². The molecule has 3 nitrogen and oxygen atoms in total. The average molecular weight is 501 g/mol. The molecule has 0 aliphatic carbocycles. The number of nitrogens with zero attached hydrogens (tertiary/aromatic N) is 2. The maximum Gasteiger partial charge on any atom is 0.416 e. The van der Waals surface area contributed by atoms with Crippen molar-refractivity contribution in [3.05, 3.63) is 83.7 Å². The van der Waals surface area contributed by atoms with Crippen LogP contribution in [0.25, 0.3) is 0 Å². The third-order valence-electron chi connectivity index (χ3n) is 6.61. The summed E-state index contributed by atoms with van der Waals surface area (Å²) in [4.78, 5) is 19.0. The fourth-order valence-electron chi connectivity index (χ4n) is 4.84. The summed E-state index contributed by atoms with van der Waals surface area (Å²) in [5.41, 5.74) is 1.19. The van der Waals surface area contributed by atoms with Gasteiger partial charge in [-0.15, -0.1) is 0 Å². The van der Waals surface area contributed by atoms with Crippen molar-refractivity contribution in [2.45, 2.75) is 41.3 Å². The Morgan fingerprint density at radius 2 is 1.66 bits per heavy atom. The molecule has 0 bridgehead atoms. The van der Waals surface area contributed by atoms with Gasteiger partial charge in [-0.05, 0) is 74.0 Å². The summed E-state index contributed by atoms with van der Waals surface area (Å²) in [6.45, 7) is 1.70. The molecule has 5 rings (SSSR count). The number of anilines is 2. The third kappa shape index (κ3) is 4.95. The quantitative estimate of drug-likeness (QED) is 0.273. The van der Waals surface area contributed by atoms with Crippen LogP contribution < -0.4 is 4.90 Å². The van der Waals surface area contributed by atoms with Gasteiger partial charge in [0.25, 0.3) is 0 Å². The van der Waals surface area contributed by atoms with E-state index in [2.05, 4.69) is 4.90 Å². The molecule has 0 radical (unpaired) electrons. The van der Waals surface area contributed by atoms with Gasteiger partial charge in [0.1, 0.15) is 5.82 Å². The first-order valence-corrected chi connectivity index (χ1v) is 12.4. The highest BCUT2D eigenvalue weighted by Crippen LogP contribution is 2.49. The van der Waals surface area contributed by atoms with Gasteiger partial charge in [0.15, 0.2) is 5.78 Å². The van der Waals surface area contributed by atoms with Crippen LogP contribution in [0.4, 0.5) is 28.9 Å². The molecular weight excluding hydrogens is 476 g/mol. The van der Waals surface area contributed by atoms with E-state index in [1.165, 1.54) is 48.2 Å². The predicted molar refractivity (Wildman–Crippen MR) is 129 cm³/mol. The van der Waals surface area contributed by atoms with Gasteiger partial charge in [0.05, 0.1) is 23.0 Å². The molecule has 1 saturated heterocycles. The van der Waals surface area contributed by atoms with Crippen LogP contribution in [0.1, 0.15) is 35.2 Å². The molecule has 2 aliphatic heterocycles. The molecule has 35 heavy (non-hydrogen) atoms. The highest BCUT2D eigenvalue weighted by molar-refractivity contribution is 7.99. The minimum atomic E-state index is -4.43. The van der Waals surface area contributed by atoms with Gasteiger partial charge in [-0.25, -0.2) is 4.39 Å². The first-order valence-electron chi connectivity index (χ1n) is 11.6. The van der Waals surface area contributed by atoms with Crippen LogP contribution in [0, 0.1) is 5.82 Å². The second-order valence-electron chi connectivity index (χ2n) is 8.82. The second-order valence-corrected chi connectivity index (χ2v) is 9.90. The van der Waals surface area contributed by atoms with Crippen molar-refractivity contribution < 1.29 is 22.4 Å². The fourth-order valence-corrected chi connectivity index (χ4v) is 5.91. The number of hydrogen-bond acceptors (Lipinski definition) is 4. The monoisotopic (exact) mass is 500 g/mol. The number of likely N-dealkylation sites (tertiary alicyclic amines) is 1. The maximum absolute atomic E-state index is 13.5. The van der Waals surface area contributed by atoms with Crippen LogP contribution >= 0.6 is 11.8 Å². The zero-order valence-corrected chi connectivity index (χ0v) is 19.7. The molecule has 0 saturated carbocycles. The van der Waals surface area contributed by atoms with Gasteiger partial charge in [-0.1, -0.05) is 30.3 Å². The molecule has 3 aromatic carbocycles. The Balaban J connectivity index is 1.42. The molecule has 1 atom stereocenters. The number of halogens is 4. The van der Waals surface area contributed by atoms with Crippen molar-refractivity contribution in [3.63, 3.8) is 0 Å². The Morgan fingerprint density at radius 1 is 0.914 bits per heavy atom. The number of benzene rings is 3. The number of Topliss-reactive ketones (excluding diaryl/α,β-unsaturated/α-hetero) is 1. The minimum Gasteiger partial charge on any atom is -0.338 e. The number of alkyl halides is 3. The van der Waals surface area contributed by atoms with E-state index in [1.807, 2.05) is 29.2 Å². The topological polar surface area (TPSA) is 23.6 Å². The molecule has 2 heterocycles. The highest BCUT2D eigenvalue weighted by Gasteiger charge is 2.34. The molecule has 3 aromatic rings. The lowest BCUT2D eigenvalue weighted by molar-refractivity contribution is -0.137. The maximum atomic E-state index is 13.5. The van der Waals surface area contributed by atoms with E-state index in [-0.39, 0.29) is 17.6 Å². The summed E-state index contributed by atoms with van der Waals surface area (Å²) in [5, 5.41) is 0. The molecule has 182 valence electrons. The molecule has 0 aromatic heterocycles. The molecule has 0 spiro atoms. The molecule has 0 N–H and O–H groups in total. The second kappa shape index (κ2) is 9.66. The first-order chi connectivity index (χ1) is 16.8. The van der Waals surface area contributed by atoms with Crippen LogP contribution in [-0.4, -0.2) is 36.4 Å². The average Bonchev–Trinajstić information content (AvgIpc) is 2.86. The first kappa shape index (κ1) is 23.9. The highest BCUT2D eigenvalue weighted by atomic mass is 32.2. The number of fused-ring (bicyclic) bond motifs is 2. The molecule has 0 amide bonds. The predicted octanol–water partition coefficient (Wildman–Crippen LogP) is 7.18. The molecule has 8 heteroatoms. The summed E-state index contributed by atoms with van der Waals surface area (Å²) in [5.74, 6) is -0.431. The number of rotatable bonds is 5. The number of piperidine rings is 1. The zero-order chi connectivity index (χ0) is 24.6. The summed E-state index contributed by atoms with van der Waals surface area (Å²) in [7, 11) is 0. The summed E-state index contributed by atoms with van der Waals surface area (Å²) < 4.78 is 53.8. The molecular formula is C27H24F4N2OS. The Hall–Kier alpha value is -2.84. The lowest BCUT2D eigenvalue weighted by Crippen LogP contribution is -2.47. The van der Waals surface area contributed by atoms with Gasteiger partial charge >= 0.3 is 6.18 Å². The van der Waals surface area contributed by atoms with Crippen molar-refractivity contribution in [1.82, 2.24) is 4.90 Å². The summed E-state index contributed by atoms with van der Waals surface area (Å²) >= 11 is 1.46. The smallest absolute Gasteiger partial charge is 0.338 e. The largest absolute Gasteiger partial charge is 0.416 e. The summed E-state index contributed by atoms with van der Waals surface area (Å²) in [6, 6.07) is 16.8. The van der Waals surface area contributed by atoms with Crippen molar-refractivity contribution in [2.24, 2.45) is 0 Å². The van der Waals surface area contributed by atoms with E-state index in [9.17, 15) is 22.4 Å². The molecule has 1 unspecified atom stereocenters. The third-order valence-corrected chi connectivity index (χ3v) is 7.74. The van der Waals surface area contributed by atoms with Gasteiger partial charge in [0.2, 0.25) is 0 Å². The Kier molecular flexibility index (Phi) is 6.59. The molecule has 2 aliphatic rings. The van der Waals surface area contributed by atoms with Gasteiger partial charge in [0, 0.05) is 28.4 Å².